The zero-order valence-electron chi connectivity index (χ0n) is 10.2. The molecule has 0 radical (unpaired) electrons. The minimum atomic E-state index is -0.859. The zero-order chi connectivity index (χ0) is 12.0. The minimum absolute atomic E-state index is 0.278. The van der Waals surface area contributed by atoms with Crippen molar-refractivity contribution in [2.45, 2.75) is 26.6 Å². The van der Waals surface area contributed by atoms with Crippen LogP contribution in [-0.4, -0.2) is 24.7 Å². The van der Waals surface area contributed by atoms with E-state index in [0.717, 1.165) is 11.1 Å². The molecule has 0 fully saturated rings. The first-order valence-electron chi connectivity index (χ1n) is 5.58. The fourth-order valence-corrected chi connectivity index (χ4v) is 1.67. The van der Waals surface area contributed by atoms with Crippen LogP contribution in [0.1, 0.15) is 25.0 Å². The molecule has 0 saturated heterocycles. The SMILES string of the molecule is CCOC(CN)(OCC)c1cncc(C)c1. The van der Waals surface area contributed by atoms with Gasteiger partial charge in [0.2, 0.25) is 5.79 Å². The van der Waals surface area contributed by atoms with Crippen LogP contribution in [0.15, 0.2) is 18.5 Å². The summed E-state index contributed by atoms with van der Waals surface area (Å²) >= 11 is 0. The number of aryl methyl sites for hydroxylation is 1. The van der Waals surface area contributed by atoms with E-state index in [9.17, 15) is 0 Å². The van der Waals surface area contributed by atoms with Crippen LogP contribution in [0.5, 0.6) is 0 Å². The molecular weight excluding hydrogens is 204 g/mol. The van der Waals surface area contributed by atoms with E-state index in [0.29, 0.717) is 13.2 Å². The molecule has 0 aliphatic rings. The lowest BCUT2D eigenvalue weighted by atomic mass is 10.1. The van der Waals surface area contributed by atoms with Crippen molar-refractivity contribution in [2.75, 3.05) is 19.8 Å². The first-order valence-corrected chi connectivity index (χ1v) is 5.58. The van der Waals surface area contributed by atoms with E-state index < -0.39 is 5.79 Å². The number of hydrogen-bond acceptors (Lipinski definition) is 4. The largest absolute Gasteiger partial charge is 0.345 e. The molecule has 1 aromatic rings. The predicted octanol–water partition coefficient (Wildman–Crippen LogP) is 1.57. The van der Waals surface area contributed by atoms with E-state index in [-0.39, 0.29) is 6.54 Å². The van der Waals surface area contributed by atoms with Crippen LogP contribution in [0.4, 0.5) is 0 Å². The maximum atomic E-state index is 5.78. The molecule has 0 aliphatic carbocycles. The van der Waals surface area contributed by atoms with Gasteiger partial charge in [-0.2, -0.15) is 0 Å². The van der Waals surface area contributed by atoms with Crippen molar-refractivity contribution in [1.82, 2.24) is 4.98 Å². The molecule has 0 spiro atoms. The van der Waals surface area contributed by atoms with Gasteiger partial charge in [-0.05, 0) is 32.4 Å². The second kappa shape index (κ2) is 5.94. The summed E-state index contributed by atoms with van der Waals surface area (Å²) in [6.07, 6.45) is 3.54. The number of ether oxygens (including phenoxy) is 2. The van der Waals surface area contributed by atoms with Gasteiger partial charge in [-0.25, -0.2) is 0 Å². The van der Waals surface area contributed by atoms with Gasteiger partial charge in [0.15, 0.2) is 0 Å². The molecule has 4 heteroatoms. The topological polar surface area (TPSA) is 57.4 Å². The second-order valence-corrected chi connectivity index (χ2v) is 3.57. The lowest BCUT2D eigenvalue weighted by Crippen LogP contribution is -2.41. The van der Waals surface area contributed by atoms with Crippen LogP contribution in [0.25, 0.3) is 0 Å². The molecule has 16 heavy (non-hydrogen) atoms. The van der Waals surface area contributed by atoms with Gasteiger partial charge < -0.3 is 15.2 Å². The van der Waals surface area contributed by atoms with E-state index in [1.54, 1.807) is 12.4 Å². The highest BCUT2D eigenvalue weighted by Gasteiger charge is 2.32. The lowest BCUT2D eigenvalue weighted by Gasteiger charge is -2.32. The number of rotatable bonds is 6. The van der Waals surface area contributed by atoms with Crippen LogP contribution in [0.3, 0.4) is 0 Å². The Morgan fingerprint density at radius 1 is 1.25 bits per heavy atom. The Balaban J connectivity index is 3.07. The van der Waals surface area contributed by atoms with Crippen molar-refractivity contribution < 1.29 is 9.47 Å². The normalized spacial score (nSPS) is 11.8. The molecule has 0 saturated carbocycles. The fourth-order valence-electron chi connectivity index (χ4n) is 1.67. The Kier molecular flexibility index (Phi) is 4.86. The van der Waals surface area contributed by atoms with E-state index >= 15 is 0 Å². The summed E-state index contributed by atoms with van der Waals surface area (Å²) < 4.78 is 11.3. The Bertz CT molecular complexity index is 323. The van der Waals surface area contributed by atoms with Crippen molar-refractivity contribution in [3.05, 3.63) is 29.6 Å². The first kappa shape index (κ1) is 13.1. The molecule has 4 nitrogen and oxygen atoms in total. The van der Waals surface area contributed by atoms with E-state index in [1.165, 1.54) is 0 Å². The summed E-state index contributed by atoms with van der Waals surface area (Å²) in [6.45, 7) is 7.20. The number of aromatic nitrogens is 1. The highest BCUT2D eigenvalue weighted by atomic mass is 16.7. The van der Waals surface area contributed by atoms with Gasteiger partial charge in [0.1, 0.15) is 0 Å². The van der Waals surface area contributed by atoms with Crippen LogP contribution in [0.2, 0.25) is 0 Å². The van der Waals surface area contributed by atoms with E-state index in [2.05, 4.69) is 4.98 Å². The molecule has 0 bridgehead atoms. The summed E-state index contributed by atoms with van der Waals surface area (Å²) in [5, 5.41) is 0. The van der Waals surface area contributed by atoms with Gasteiger partial charge in [-0.15, -0.1) is 0 Å². The highest BCUT2D eigenvalue weighted by molar-refractivity contribution is 5.22. The van der Waals surface area contributed by atoms with Crippen molar-refractivity contribution in [2.24, 2.45) is 5.73 Å². The van der Waals surface area contributed by atoms with Gasteiger partial charge in [-0.1, -0.05) is 0 Å². The Morgan fingerprint density at radius 3 is 2.31 bits per heavy atom. The number of pyridine rings is 1. The molecule has 1 rings (SSSR count). The Morgan fingerprint density at radius 2 is 1.88 bits per heavy atom. The highest BCUT2D eigenvalue weighted by Crippen LogP contribution is 2.26. The predicted molar refractivity (Wildman–Crippen MR) is 63.0 cm³/mol. The van der Waals surface area contributed by atoms with Gasteiger partial charge in [0.25, 0.3) is 0 Å². The Hall–Kier alpha value is -0.970. The van der Waals surface area contributed by atoms with Gasteiger partial charge in [0, 0.05) is 31.2 Å². The summed E-state index contributed by atoms with van der Waals surface area (Å²) in [5.74, 6) is -0.859. The average molecular weight is 224 g/mol. The summed E-state index contributed by atoms with van der Waals surface area (Å²) in [7, 11) is 0. The summed E-state index contributed by atoms with van der Waals surface area (Å²) in [5.41, 5.74) is 7.72. The van der Waals surface area contributed by atoms with Gasteiger partial charge >= 0.3 is 0 Å². The third-order valence-corrected chi connectivity index (χ3v) is 2.34. The monoisotopic (exact) mass is 224 g/mol. The van der Waals surface area contributed by atoms with E-state index in [4.69, 9.17) is 15.2 Å². The molecule has 1 aromatic heterocycles. The third-order valence-electron chi connectivity index (χ3n) is 2.34. The van der Waals surface area contributed by atoms with Crippen molar-refractivity contribution in [3.63, 3.8) is 0 Å². The number of hydrogen-bond donors (Lipinski definition) is 1. The summed E-state index contributed by atoms with van der Waals surface area (Å²) in [4.78, 5) is 4.15. The standard InChI is InChI=1S/C12H20N2O2/c1-4-15-12(9-13,16-5-2)11-6-10(3)7-14-8-11/h6-8H,4-5,9,13H2,1-3H3. The molecular formula is C12H20N2O2. The fraction of sp³-hybridized carbons (Fsp3) is 0.583. The van der Waals surface area contributed by atoms with E-state index in [1.807, 2.05) is 26.8 Å². The molecule has 1 heterocycles. The number of nitrogens with zero attached hydrogens (tertiary/aromatic N) is 1. The number of nitrogens with two attached hydrogens (primary N) is 1. The first-order chi connectivity index (χ1) is 7.68. The van der Waals surface area contributed by atoms with Crippen LogP contribution in [-0.2, 0) is 15.3 Å². The van der Waals surface area contributed by atoms with Crippen LogP contribution < -0.4 is 5.73 Å². The van der Waals surface area contributed by atoms with Crippen LogP contribution >= 0.6 is 0 Å². The molecule has 2 N–H and O–H groups in total. The lowest BCUT2D eigenvalue weighted by molar-refractivity contribution is -0.235. The quantitative estimate of drug-likeness (QED) is 0.745. The molecule has 90 valence electrons. The van der Waals surface area contributed by atoms with Crippen LogP contribution in [0, 0.1) is 6.92 Å². The average Bonchev–Trinajstić information content (AvgIpc) is 2.28. The van der Waals surface area contributed by atoms with Crippen molar-refractivity contribution in [1.29, 1.82) is 0 Å². The minimum Gasteiger partial charge on any atom is -0.345 e. The second-order valence-electron chi connectivity index (χ2n) is 3.57. The molecule has 0 unspecified atom stereocenters. The molecule has 0 atom stereocenters. The molecule has 0 aromatic carbocycles. The van der Waals surface area contributed by atoms with Crippen molar-refractivity contribution in [3.8, 4) is 0 Å². The third kappa shape index (κ3) is 2.78. The van der Waals surface area contributed by atoms with Gasteiger partial charge in [0.05, 0.1) is 6.54 Å². The molecule has 0 aliphatic heterocycles. The Labute approximate surface area is 96.8 Å². The van der Waals surface area contributed by atoms with Gasteiger partial charge in [-0.3, -0.25) is 4.98 Å². The zero-order valence-corrected chi connectivity index (χ0v) is 10.2. The maximum absolute atomic E-state index is 5.78. The maximum Gasteiger partial charge on any atom is 0.209 e. The molecule has 0 amide bonds. The van der Waals surface area contributed by atoms with Crippen molar-refractivity contribution >= 4 is 0 Å². The summed E-state index contributed by atoms with van der Waals surface area (Å²) in [6, 6.07) is 1.99. The smallest absolute Gasteiger partial charge is 0.209 e.